The fraction of sp³-hybridized carbons (Fsp3) is 0.233. The standard InChI is InChI=1S/C30H24F3N3O4/c1-39-21-11-12-22-23(17-21)26(20-8-3-2-4-9-20)25(18-34)36(27(22)37)16-15-35-29(40-28(38)30(31,32)33)14-13-19-7-5-6-10-24(19)29/h2-12,17,35H,13-16H2,1H3. The van der Waals surface area contributed by atoms with Crippen molar-refractivity contribution < 1.29 is 27.4 Å². The summed E-state index contributed by atoms with van der Waals surface area (Å²) < 4.78 is 51.3. The van der Waals surface area contributed by atoms with Gasteiger partial charge in [-0.3, -0.25) is 14.7 Å². The fourth-order valence-corrected chi connectivity index (χ4v) is 5.27. The van der Waals surface area contributed by atoms with Crippen LogP contribution in [0.25, 0.3) is 21.9 Å². The molecule has 0 spiro atoms. The van der Waals surface area contributed by atoms with Crippen LogP contribution in [0, 0.1) is 11.3 Å². The molecule has 40 heavy (non-hydrogen) atoms. The first-order valence-corrected chi connectivity index (χ1v) is 12.5. The number of halogens is 3. The molecular weight excluding hydrogens is 523 g/mol. The van der Waals surface area contributed by atoms with Gasteiger partial charge in [-0.25, -0.2) is 4.79 Å². The van der Waals surface area contributed by atoms with E-state index < -0.39 is 23.4 Å². The number of ether oxygens (including phenoxy) is 2. The summed E-state index contributed by atoms with van der Waals surface area (Å²) in [5.74, 6) is -1.79. The minimum Gasteiger partial charge on any atom is -0.497 e. The zero-order chi connectivity index (χ0) is 28.5. The van der Waals surface area contributed by atoms with E-state index in [-0.39, 0.29) is 25.2 Å². The Morgan fingerprint density at radius 3 is 2.50 bits per heavy atom. The molecular formula is C30H24F3N3O4. The molecule has 3 aromatic carbocycles. The van der Waals surface area contributed by atoms with Crippen LogP contribution in [0.4, 0.5) is 13.2 Å². The van der Waals surface area contributed by atoms with Crippen molar-refractivity contribution in [1.29, 1.82) is 5.26 Å². The number of nitriles is 1. The number of hydrogen-bond donors (Lipinski definition) is 1. The van der Waals surface area contributed by atoms with Gasteiger partial charge in [0.05, 0.1) is 7.11 Å². The lowest BCUT2D eigenvalue weighted by molar-refractivity contribution is -0.218. The number of nitrogens with one attached hydrogen (secondary N) is 1. The number of aromatic nitrogens is 1. The van der Waals surface area contributed by atoms with Crippen molar-refractivity contribution in [3.8, 4) is 22.9 Å². The molecule has 0 radical (unpaired) electrons. The maximum absolute atomic E-state index is 13.6. The second-order valence-electron chi connectivity index (χ2n) is 9.37. The first-order chi connectivity index (χ1) is 19.2. The zero-order valence-corrected chi connectivity index (χ0v) is 21.4. The van der Waals surface area contributed by atoms with Crippen LogP contribution in [0.2, 0.25) is 0 Å². The van der Waals surface area contributed by atoms with Crippen LogP contribution >= 0.6 is 0 Å². The van der Waals surface area contributed by atoms with Gasteiger partial charge in [-0.2, -0.15) is 18.4 Å². The van der Waals surface area contributed by atoms with Crippen LogP contribution in [0.5, 0.6) is 5.75 Å². The van der Waals surface area contributed by atoms with Crippen LogP contribution in [-0.2, 0) is 28.2 Å². The second kappa shape index (κ2) is 10.5. The average Bonchev–Trinajstić information content (AvgIpc) is 3.31. The maximum Gasteiger partial charge on any atom is 0.491 e. The Morgan fingerprint density at radius 2 is 1.80 bits per heavy atom. The number of pyridine rings is 1. The van der Waals surface area contributed by atoms with Gasteiger partial charge in [-0.1, -0.05) is 54.6 Å². The van der Waals surface area contributed by atoms with Crippen molar-refractivity contribution in [2.75, 3.05) is 13.7 Å². The van der Waals surface area contributed by atoms with Gasteiger partial charge in [-0.15, -0.1) is 0 Å². The lowest BCUT2D eigenvalue weighted by Crippen LogP contribution is -2.48. The summed E-state index contributed by atoms with van der Waals surface area (Å²) in [4.78, 5) is 25.5. The molecule has 1 aliphatic carbocycles. The Morgan fingerprint density at radius 1 is 1.07 bits per heavy atom. The van der Waals surface area contributed by atoms with E-state index in [9.17, 15) is 28.0 Å². The fourth-order valence-electron chi connectivity index (χ4n) is 5.27. The van der Waals surface area contributed by atoms with E-state index >= 15 is 0 Å². The van der Waals surface area contributed by atoms with E-state index in [1.54, 1.807) is 42.5 Å². The SMILES string of the molecule is COc1ccc2c(=O)n(CCNC3(OC(=O)C(F)(F)F)CCc4ccccc43)c(C#N)c(-c3ccccc3)c2c1. The number of nitrogens with zero attached hydrogens (tertiary/aromatic N) is 2. The molecule has 1 aromatic heterocycles. The van der Waals surface area contributed by atoms with Gasteiger partial charge < -0.3 is 9.47 Å². The van der Waals surface area contributed by atoms with Crippen molar-refractivity contribution in [3.63, 3.8) is 0 Å². The number of carbonyl (C=O) groups is 1. The van der Waals surface area contributed by atoms with E-state index in [1.807, 2.05) is 30.3 Å². The topological polar surface area (TPSA) is 93.3 Å². The molecule has 0 amide bonds. The molecule has 0 bridgehead atoms. The number of aryl methyl sites for hydroxylation is 1. The number of fused-ring (bicyclic) bond motifs is 2. The number of rotatable bonds is 7. The van der Waals surface area contributed by atoms with Crippen molar-refractivity contribution in [2.24, 2.45) is 0 Å². The highest BCUT2D eigenvalue weighted by Crippen LogP contribution is 2.39. The average molecular weight is 548 g/mol. The number of alkyl halides is 3. The lowest BCUT2D eigenvalue weighted by atomic mass is 9.97. The largest absolute Gasteiger partial charge is 0.497 e. The van der Waals surface area contributed by atoms with Crippen LogP contribution in [-0.4, -0.2) is 30.4 Å². The first-order valence-electron chi connectivity index (χ1n) is 12.5. The molecule has 10 heteroatoms. The highest BCUT2D eigenvalue weighted by Gasteiger charge is 2.49. The van der Waals surface area contributed by atoms with Gasteiger partial charge in [0.2, 0.25) is 0 Å². The molecule has 5 rings (SSSR count). The summed E-state index contributed by atoms with van der Waals surface area (Å²) in [5, 5.41) is 14.1. The van der Waals surface area contributed by atoms with Crippen LogP contribution in [0.1, 0.15) is 23.2 Å². The van der Waals surface area contributed by atoms with Crippen LogP contribution < -0.4 is 15.6 Å². The Kier molecular flexibility index (Phi) is 7.08. The molecule has 1 N–H and O–H groups in total. The number of esters is 1. The predicted molar refractivity (Wildman–Crippen MR) is 142 cm³/mol. The van der Waals surface area contributed by atoms with Gasteiger partial charge in [0.1, 0.15) is 17.5 Å². The summed E-state index contributed by atoms with van der Waals surface area (Å²) in [6, 6.07) is 23.0. The molecule has 1 aliphatic rings. The minimum absolute atomic E-state index is 0.0655. The molecule has 0 aliphatic heterocycles. The van der Waals surface area contributed by atoms with Crippen molar-refractivity contribution in [1.82, 2.24) is 9.88 Å². The highest BCUT2D eigenvalue weighted by atomic mass is 19.4. The molecule has 0 fully saturated rings. The molecule has 4 aromatic rings. The predicted octanol–water partition coefficient (Wildman–Crippen LogP) is 5.04. The monoisotopic (exact) mass is 547 g/mol. The molecule has 1 atom stereocenters. The third-order valence-corrected chi connectivity index (χ3v) is 7.09. The molecule has 204 valence electrons. The highest BCUT2D eigenvalue weighted by molar-refractivity contribution is 5.99. The summed E-state index contributed by atoms with van der Waals surface area (Å²) >= 11 is 0. The number of methoxy groups -OCH3 is 1. The summed E-state index contributed by atoms with van der Waals surface area (Å²) in [6.07, 6.45) is -4.70. The number of carbonyl (C=O) groups excluding carboxylic acids is 1. The van der Waals surface area contributed by atoms with Gasteiger partial charge in [0, 0.05) is 41.4 Å². The number of hydrogen-bond acceptors (Lipinski definition) is 6. The Balaban J connectivity index is 1.56. The zero-order valence-electron chi connectivity index (χ0n) is 21.4. The molecule has 0 saturated heterocycles. The van der Waals surface area contributed by atoms with Crippen LogP contribution in [0.3, 0.4) is 0 Å². The molecule has 1 unspecified atom stereocenters. The van der Waals surface area contributed by atoms with Gasteiger partial charge >= 0.3 is 12.1 Å². The smallest absolute Gasteiger partial charge is 0.491 e. The Bertz CT molecular complexity index is 1690. The molecule has 7 nitrogen and oxygen atoms in total. The van der Waals surface area contributed by atoms with Gasteiger partial charge in [0.25, 0.3) is 5.56 Å². The molecule has 0 saturated carbocycles. The van der Waals surface area contributed by atoms with Crippen molar-refractivity contribution >= 4 is 16.7 Å². The van der Waals surface area contributed by atoms with Gasteiger partial charge in [-0.05, 0) is 35.7 Å². The number of benzene rings is 3. The van der Waals surface area contributed by atoms with E-state index in [0.29, 0.717) is 39.6 Å². The summed E-state index contributed by atoms with van der Waals surface area (Å²) in [5.41, 5.74) is 0.338. The second-order valence-corrected chi connectivity index (χ2v) is 9.37. The van der Waals surface area contributed by atoms with Crippen LogP contribution in [0.15, 0.2) is 77.6 Å². The summed E-state index contributed by atoms with van der Waals surface area (Å²) in [6.45, 7) is -0.138. The lowest BCUT2D eigenvalue weighted by Gasteiger charge is -2.32. The first kappa shape index (κ1) is 27.0. The quantitative estimate of drug-likeness (QED) is 0.257. The Labute approximate surface area is 227 Å². The van der Waals surface area contributed by atoms with E-state index in [2.05, 4.69) is 11.4 Å². The third-order valence-electron chi connectivity index (χ3n) is 7.09. The maximum atomic E-state index is 13.6. The van der Waals surface area contributed by atoms with Gasteiger partial charge in [0.15, 0.2) is 5.72 Å². The summed E-state index contributed by atoms with van der Waals surface area (Å²) in [7, 11) is 1.50. The Hall–Kier alpha value is -4.62. The van der Waals surface area contributed by atoms with E-state index in [0.717, 1.165) is 5.56 Å². The van der Waals surface area contributed by atoms with E-state index in [1.165, 1.54) is 11.7 Å². The third kappa shape index (κ3) is 4.80. The normalized spacial score (nSPS) is 16.4. The van der Waals surface area contributed by atoms with E-state index in [4.69, 9.17) is 9.47 Å². The van der Waals surface area contributed by atoms with Crippen molar-refractivity contribution in [2.45, 2.75) is 31.3 Å². The minimum atomic E-state index is -5.18. The van der Waals surface area contributed by atoms with Crippen molar-refractivity contribution in [3.05, 3.63) is 100.0 Å². The molecule has 1 heterocycles.